The summed E-state index contributed by atoms with van der Waals surface area (Å²) in [6.45, 7) is 3.39. The number of carbonyl (C=O) groups is 1. The molecule has 0 saturated heterocycles. The van der Waals surface area contributed by atoms with Crippen LogP contribution in [-0.4, -0.2) is 45.7 Å². The van der Waals surface area contributed by atoms with E-state index in [0.29, 0.717) is 16.7 Å². The molecule has 0 bridgehead atoms. The van der Waals surface area contributed by atoms with Crippen molar-refractivity contribution in [3.8, 4) is 11.3 Å². The van der Waals surface area contributed by atoms with Crippen LogP contribution < -0.4 is 9.73 Å². The van der Waals surface area contributed by atoms with Gasteiger partial charge in [-0.1, -0.05) is 36.7 Å². The van der Waals surface area contributed by atoms with Crippen molar-refractivity contribution < 1.29 is 31.8 Å². The number of nitrogens with zero attached hydrogens (tertiary/aromatic N) is 5. The Kier molecular flexibility index (Phi) is 8.44. The highest BCUT2D eigenvalue weighted by molar-refractivity contribution is 7.87. The summed E-state index contributed by atoms with van der Waals surface area (Å²) in [5, 5.41) is 18.0. The highest BCUT2D eigenvalue weighted by Gasteiger charge is 2.36. The maximum Gasteiger partial charge on any atom is 0.364 e. The molecule has 16 heteroatoms. The summed E-state index contributed by atoms with van der Waals surface area (Å²) in [7, 11) is -2.53. The highest BCUT2D eigenvalue weighted by atomic mass is 35.5. The van der Waals surface area contributed by atoms with Gasteiger partial charge in [-0.2, -0.15) is 13.5 Å². The van der Waals surface area contributed by atoms with Gasteiger partial charge in [0.15, 0.2) is 11.1 Å². The molecule has 1 atom stereocenters. The Balaban J connectivity index is 1.58. The molecule has 0 spiro atoms. The molecule has 49 heavy (non-hydrogen) atoms. The number of benzene rings is 3. The van der Waals surface area contributed by atoms with Gasteiger partial charge < -0.3 is 9.15 Å². The molecular weight excluding hydrogens is 678 g/mol. The number of ether oxygens (including phenoxy) is 1. The number of rotatable bonds is 8. The molecular formula is C33H26ClN5O9S. The van der Waals surface area contributed by atoms with Crippen molar-refractivity contribution in [1.82, 2.24) is 14.8 Å². The van der Waals surface area contributed by atoms with Crippen LogP contribution in [0.3, 0.4) is 0 Å². The molecule has 14 nitrogen and oxygen atoms in total. The fourth-order valence-corrected chi connectivity index (χ4v) is 6.79. The van der Waals surface area contributed by atoms with E-state index in [-0.39, 0.29) is 37.2 Å². The van der Waals surface area contributed by atoms with Gasteiger partial charge in [0.2, 0.25) is 0 Å². The van der Waals surface area contributed by atoms with Gasteiger partial charge in [0.05, 0.1) is 28.6 Å². The van der Waals surface area contributed by atoms with Crippen molar-refractivity contribution in [3.05, 3.63) is 121 Å². The molecule has 3 heterocycles. The third-order valence-corrected chi connectivity index (χ3v) is 9.02. The highest BCUT2D eigenvalue weighted by Crippen LogP contribution is 2.44. The Morgan fingerprint density at radius 1 is 1.10 bits per heavy atom. The first-order valence-electron chi connectivity index (χ1n) is 14.5. The number of pyridine rings is 1. The van der Waals surface area contributed by atoms with Crippen molar-refractivity contribution in [2.75, 3.05) is 11.4 Å². The fourth-order valence-electron chi connectivity index (χ4n) is 5.85. The van der Waals surface area contributed by atoms with Crippen LogP contribution in [0.5, 0.6) is 0 Å². The second kappa shape index (κ2) is 12.4. The summed E-state index contributed by atoms with van der Waals surface area (Å²) in [6.07, 6.45) is 1.82. The van der Waals surface area contributed by atoms with Gasteiger partial charge in [0.1, 0.15) is 22.2 Å². The first-order chi connectivity index (χ1) is 23.2. The predicted molar refractivity (Wildman–Crippen MR) is 182 cm³/mol. The summed E-state index contributed by atoms with van der Waals surface area (Å²) >= 11 is 5.96. The van der Waals surface area contributed by atoms with E-state index in [2.05, 4.69) is 10.1 Å². The number of anilines is 2. The van der Waals surface area contributed by atoms with Crippen LogP contribution in [0.15, 0.2) is 82.1 Å². The number of hydrogen-bond donors (Lipinski definition) is 1. The van der Waals surface area contributed by atoms with Crippen LogP contribution in [0.4, 0.5) is 17.1 Å². The lowest BCUT2D eigenvalue weighted by Gasteiger charge is -2.24. The largest absolute Gasteiger partial charge is 0.464 e. The molecule has 250 valence electrons. The summed E-state index contributed by atoms with van der Waals surface area (Å²) in [4.78, 5) is 41.9. The van der Waals surface area contributed by atoms with Crippen molar-refractivity contribution >= 4 is 66.8 Å². The van der Waals surface area contributed by atoms with Gasteiger partial charge in [0, 0.05) is 47.3 Å². The molecule has 0 unspecified atom stereocenters. The van der Waals surface area contributed by atoms with Crippen LogP contribution in [0.2, 0.25) is 5.15 Å². The summed E-state index contributed by atoms with van der Waals surface area (Å²) in [5.41, 5.74) is -0.222. The number of aromatic nitrogens is 3. The smallest absolute Gasteiger partial charge is 0.364 e. The minimum absolute atomic E-state index is 0.00872. The topological polar surface area (TPSA) is 188 Å². The summed E-state index contributed by atoms with van der Waals surface area (Å²) in [5.74, 6) is -1.74. The molecule has 0 saturated carbocycles. The molecule has 0 fully saturated rings. The Morgan fingerprint density at radius 2 is 1.86 bits per heavy atom. The SMILES string of the molecule is COC(=O)c1nc(Cl)ccc1N(c1cccc([C@H](C)c2cc(C)cc3c(=O)cc(-c4ccc5nn(C)cc5c4)oc23)c1[N+](=O)[O-])S(=O)(=O)O. The average Bonchev–Trinajstić information content (AvgIpc) is 3.43. The molecule has 6 aromatic rings. The van der Waals surface area contributed by atoms with Gasteiger partial charge in [-0.05, 0) is 55.0 Å². The van der Waals surface area contributed by atoms with E-state index in [1.54, 1.807) is 49.8 Å². The van der Waals surface area contributed by atoms with E-state index in [9.17, 15) is 32.7 Å². The van der Waals surface area contributed by atoms with Crippen molar-refractivity contribution in [2.24, 2.45) is 7.05 Å². The predicted octanol–water partition coefficient (Wildman–Crippen LogP) is 6.49. The minimum atomic E-state index is -5.34. The zero-order valence-corrected chi connectivity index (χ0v) is 27.8. The first-order valence-corrected chi connectivity index (χ1v) is 16.3. The quantitative estimate of drug-likeness (QED) is 0.0600. The molecule has 0 aliphatic carbocycles. The Bertz CT molecular complexity index is 2510. The lowest BCUT2D eigenvalue weighted by molar-refractivity contribution is -0.384. The Labute approximate surface area is 283 Å². The lowest BCUT2D eigenvalue weighted by Crippen LogP contribution is -2.28. The van der Waals surface area contributed by atoms with Crippen LogP contribution in [0, 0.1) is 17.0 Å². The number of hydrogen-bond acceptors (Lipinski definition) is 10. The summed E-state index contributed by atoms with van der Waals surface area (Å²) in [6, 6.07) is 16.2. The monoisotopic (exact) mass is 703 g/mol. The number of halogens is 1. The third-order valence-electron chi connectivity index (χ3n) is 7.95. The maximum absolute atomic E-state index is 13.5. The van der Waals surface area contributed by atoms with Gasteiger partial charge in [-0.3, -0.25) is 24.1 Å². The second-order valence-corrected chi connectivity index (χ2v) is 12.9. The number of methoxy groups -OCH3 is 1. The Morgan fingerprint density at radius 3 is 2.55 bits per heavy atom. The zero-order valence-electron chi connectivity index (χ0n) is 26.2. The average molecular weight is 704 g/mol. The van der Waals surface area contributed by atoms with Crippen molar-refractivity contribution in [3.63, 3.8) is 0 Å². The van der Waals surface area contributed by atoms with E-state index >= 15 is 0 Å². The second-order valence-electron chi connectivity index (χ2n) is 11.2. The number of nitro benzene ring substituents is 1. The molecule has 3 aromatic heterocycles. The number of carbonyl (C=O) groups excluding carboxylic acids is 1. The van der Waals surface area contributed by atoms with E-state index in [4.69, 9.17) is 20.8 Å². The van der Waals surface area contributed by atoms with Gasteiger partial charge >= 0.3 is 16.3 Å². The molecule has 3 aromatic carbocycles. The van der Waals surface area contributed by atoms with Crippen LogP contribution in [0.1, 0.15) is 40.0 Å². The number of fused-ring (bicyclic) bond motifs is 2. The van der Waals surface area contributed by atoms with Crippen LogP contribution >= 0.6 is 11.6 Å². The normalized spacial score (nSPS) is 12.3. The van der Waals surface area contributed by atoms with E-state index < -0.39 is 49.9 Å². The fraction of sp³-hybridized carbons (Fsp3) is 0.152. The summed E-state index contributed by atoms with van der Waals surface area (Å²) < 4.78 is 49.2. The van der Waals surface area contributed by atoms with E-state index in [1.807, 2.05) is 12.3 Å². The Hall–Kier alpha value is -5.64. The van der Waals surface area contributed by atoms with Crippen LogP contribution in [0.25, 0.3) is 33.2 Å². The molecule has 0 aliphatic rings. The van der Waals surface area contributed by atoms with Crippen LogP contribution in [-0.2, 0) is 22.1 Å². The van der Waals surface area contributed by atoms with Gasteiger partial charge in [-0.25, -0.2) is 14.1 Å². The van der Waals surface area contributed by atoms with Gasteiger partial charge in [-0.15, -0.1) is 0 Å². The molecule has 0 aliphatic heterocycles. The van der Waals surface area contributed by atoms with E-state index in [1.165, 1.54) is 18.2 Å². The molecule has 6 rings (SSSR count). The van der Waals surface area contributed by atoms with Crippen molar-refractivity contribution in [1.29, 1.82) is 0 Å². The molecule has 1 N–H and O–H groups in total. The van der Waals surface area contributed by atoms with Gasteiger partial charge in [0.25, 0.3) is 5.69 Å². The zero-order chi connectivity index (χ0) is 35.4. The van der Waals surface area contributed by atoms with E-state index in [0.717, 1.165) is 36.2 Å². The van der Waals surface area contributed by atoms with Crippen molar-refractivity contribution in [2.45, 2.75) is 19.8 Å². The number of aryl methyl sites for hydroxylation is 2. The minimum Gasteiger partial charge on any atom is -0.464 e. The number of para-hydroxylation sites is 1. The lowest BCUT2D eigenvalue weighted by atomic mass is 9.89. The molecule has 0 amide bonds. The number of nitro groups is 1. The third kappa shape index (κ3) is 6.10. The number of esters is 1. The molecule has 0 radical (unpaired) electrons. The standard InChI is InChI=1S/C33H26ClN5O9S/c1-17-12-22(32-23(13-17)27(40)15-28(48-32)19-8-9-24-20(14-19)16-37(3)36-24)18(2)21-6-5-7-26(31(21)39(42)43)38(49(44,45)46)25-10-11-29(34)35-30(25)33(41)47-4/h5-16,18H,1-4H3,(H,44,45,46)/t18-/m0/s1. The first kappa shape index (κ1) is 33.3. The maximum atomic E-state index is 13.5.